The zero-order valence-electron chi connectivity index (χ0n) is 10.7. The number of amides is 1. The predicted octanol–water partition coefficient (Wildman–Crippen LogP) is 2.37. The van der Waals surface area contributed by atoms with Gasteiger partial charge in [-0.3, -0.25) is 9.89 Å². The monoisotopic (exact) mass is 279 g/mol. The first kappa shape index (κ1) is 13.5. The van der Waals surface area contributed by atoms with Crippen molar-refractivity contribution in [3.63, 3.8) is 0 Å². The van der Waals surface area contributed by atoms with E-state index in [1.165, 1.54) is 0 Å². The van der Waals surface area contributed by atoms with Crippen molar-refractivity contribution in [2.45, 2.75) is 26.7 Å². The van der Waals surface area contributed by atoms with Crippen LogP contribution in [0.4, 0.5) is 5.69 Å². The number of rotatable bonds is 4. The van der Waals surface area contributed by atoms with Gasteiger partial charge in [-0.1, -0.05) is 18.5 Å². The molecule has 0 unspecified atom stereocenters. The molecule has 2 rings (SSSR count). The maximum atomic E-state index is 12.0. The highest BCUT2D eigenvalue weighted by molar-refractivity contribution is 6.32. The number of aromatic amines is 1. The average Bonchev–Trinajstić information content (AvgIpc) is 2.83. The summed E-state index contributed by atoms with van der Waals surface area (Å²) in [5.74, 6) is 0.390. The number of aromatic nitrogens is 4. The molecule has 2 N–H and O–H groups in total. The van der Waals surface area contributed by atoms with Gasteiger partial charge >= 0.3 is 0 Å². The molecule has 0 saturated heterocycles. The lowest BCUT2D eigenvalue weighted by Crippen LogP contribution is -2.15. The third-order valence-corrected chi connectivity index (χ3v) is 2.86. The number of nitrogens with zero attached hydrogens (tertiary/aromatic N) is 3. The standard InChI is InChI=1S/C12H14ClN5O/c1-3-4-8-15-11(18-17-8)12(19)16-9-7(2)5-6-14-10(9)13/h5-6H,3-4H2,1-2H3,(H,16,19)(H,15,17,18). The summed E-state index contributed by atoms with van der Waals surface area (Å²) in [6.45, 7) is 3.87. The van der Waals surface area contributed by atoms with E-state index in [4.69, 9.17) is 11.6 Å². The normalized spacial score (nSPS) is 10.5. The maximum absolute atomic E-state index is 12.0. The first-order chi connectivity index (χ1) is 9.11. The minimum absolute atomic E-state index is 0.0998. The molecule has 100 valence electrons. The Morgan fingerprint density at radius 3 is 3.00 bits per heavy atom. The number of nitrogens with one attached hydrogen (secondary N) is 2. The number of H-pyrrole nitrogens is 1. The molecule has 2 aromatic heterocycles. The summed E-state index contributed by atoms with van der Waals surface area (Å²) >= 11 is 5.94. The van der Waals surface area contributed by atoms with E-state index in [0.29, 0.717) is 11.5 Å². The second-order valence-corrected chi connectivity index (χ2v) is 4.46. The van der Waals surface area contributed by atoms with Crippen LogP contribution in [0.1, 0.15) is 35.4 Å². The summed E-state index contributed by atoms with van der Waals surface area (Å²) < 4.78 is 0. The van der Waals surface area contributed by atoms with Crippen LogP contribution < -0.4 is 5.32 Å². The summed E-state index contributed by atoms with van der Waals surface area (Å²) in [6, 6.07) is 1.77. The molecule has 0 aliphatic heterocycles. The van der Waals surface area contributed by atoms with Gasteiger partial charge in [-0.2, -0.15) is 0 Å². The fourth-order valence-corrected chi connectivity index (χ4v) is 1.84. The SMILES string of the molecule is CCCc1nc(C(=O)Nc2c(C)ccnc2Cl)n[nH]1. The van der Waals surface area contributed by atoms with E-state index in [2.05, 4.69) is 25.5 Å². The van der Waals surface area contributed by atoms with Gasteiger partial charge in [-0.05, 0) is 25.0 Å². The smallest absolute Gasteiger partial charge is 0.295 e. The molecule has 1 amide bonds. The van der Waals surface area contributed by atoms with Gasteiger partial charge < -0.3 is 5.32 Å². The number of halogens is 1. The van der Waals surface area contributed by atoms with Crippen molar-refractivity contribution >= 4 is 23.2 Å². The Morgan fingerprint density at radius 1 is 1.53 bits per heavy atom. The fourth-order valence-electron chi connectivity index (χ4n) is 1.59. The van der Waals surface area contributed by atoms with Gasteiger partial charge in [-0.25, -0.2) is 9.97 Å². The Labute approximate surface area is 115 Å². The minimum atomic E-state index is -0.406. The molecule has 2 aromatic rings. The molecule has 7 heteroatoms. The minimum Gasteiger partial charge on any atom is -0.316 e. The Kier molecular flexibility index (Phi) is 4.11. The van der Waals surface area contributed by atoms with Crippen LogP contribution >= 0.6 is 11.6 Å². The lowest BCUT2D eigenvalue weighted by molar-refractivity contribution is 0.101. The van der Waals surface area contributed by atoms with Crippen molar-refractivity contribution in [2.75, 3.05) is 5.32 Å². The molecule has 6 nitrogen and oxygen atoms in total. The lowest BCUT2D eigenvalue weighted by atomic mass is 10.2. The molecule has 0 aliphatic carbocycles. The molecule has 0 saturated carbocycles. The average molecular weight is 280 g/mol. The molecule has 0 radical (unpaired) electrons. The second-order valence-electron chi connectivity index (χ2n) is 4.10. The van der Waals surface area contributed by atoms with Crippen LogP contribution in [0.2, 0.25) is 5.15 Å². The van der Waals surface area contributed by atoms with Crippen LogP contribution in [0.3, 0.4) is 0 Å². The Bertz CT molecular complexity index is 575. The molecule has 0 fully saturated rings. The molecule has 2 heterocycles. The second kappa shape index (κ2) is 5.79. The highest BCUT2D eigenvalue weighted by Gasteiger charge is 2.15. The fraction of sp³-hybridized carbons (Fsp3) is 0.333. The summed E-state index contributed by atoms with van der Waals surface area (Å²) in [5.41, 5.74) is 1.31. The van der Waals surface area contributed by atoms with Crippen LogP contribution in [0, 0.1) is 6.92 Å². The molecular weight excluding hydrogens is 266 g/mol. The van der Waals surface area contributed by atoms with E-state index in [0.717, 1.165) is 18.4 Å². The summed E-state index contributed by atoms with van der Waals surface area (Å²) in [5, 5.41) is 9.53. The Balaban J connectivity index is 2.16. The third-order valence-electron chi connectivity index (χ3n) is 2.57. The molecular formula is C12H14ClN5O. The Morgan fingerprint density at radius 2 is 2.32 bits per heavy atom. The molecule has 19 heavy (non-hydrogen) atoms. The largest absolute Gasteiger partial charge is 0.316 e. The van der Waals surface area contributed by atoms with Crippen LogP contribution in [0.5, 0.6) is 0 Å². The number of pyridine rings is 1. The van der Waals surface area contributed by atoms with E-state index in [1.807, 2.05) is 13.8 Å². The van der Waals surface area contributed by atoms with E-state index < -0.39 is 5.91 Å². The topological polar surface area (TPSA) is 83.6 Å². The van der Waals surface area contributed by atoms with E-state index in [1.54, 1.807) is 12.3 Å². The van der Waals surface area contributed by atoms with Crippen molar-refractivity contribution < 1.29 is 4.79 Å². The number of anilines is 1. The van der Waals surface area contributed by atoms with Crippen molar-refractivity contribution in [1.82, 2.24) is 20.2 Å². The van der Waals surface area contributed by atoms with Crippen molar-refractivity contribution in [2.24, 2.45) is 0 Å². The molecule has 0 bridgehead atoms. The molecule has 0 aliphatic rings. The first-order valence-corrected chi connectivity index (χ1v) is 6.33. The maximum Gasteiger partial charge on any atom is 0.295 e. The van der Waals surface area contributed by atoms with Gasteiger partial charge in [0, 0.05) is 12.6 Å². The highest BCUT2D eigenvalue weighted by Crippen LogP contribution is 2.22. The van der Waals surface area contributed by atoms with Crippen molar-refractivity contribution in [3.05, 3.63) is 34.6 Å². The summed E-state index contributed by atoms with van der Waals surface area (Å²) in [6.07, 6.45) is 3.27. The number of aryl methyl sites for hydroxylation is 2. The van der Waals surface area contributed by atoms with Crippen molar-refractivity contribution in [1.29, 1.82) is 0 Å². The van der Waals surface area contributed by atoms with Gasteiger partial charge in [0.15, 0.2) is 5.15 Å². The summed E-state index contributed by atoms with van der Waals surface area (Å²) in [7, 11) is 0. The van der Waals surface area contributed by atoms with E-state index in [-0.39, 0.29) is 11.0 Å². The first-order valence-electron chi connectivity index (χ1n) is 5.95. The summed E-state index contributed by atoms with van der Waals surface area (Å²) in [4.78, 5) is 20.0. The molecule has 0 spiro atoms. The highest BCUT2D eigenvalue weighted by atomic mass is 35.5. The van der Waals surface area contributed by atoms with Crippen LogP contribution in [-0.4, -0.2) is 26.1 Å². The molecule has 0 aromatic carbocycles. The van der Waals surface area contributed by atoms with Gasteiger partial charge in [0.25, 0.3) is 5.91 Å². The van der Waals surface area contributed by atoms with Crippen LogP contribution in [-0.2, 0) is 6.42 Å². The Hall–Kier alpha value is -1.95. The quantitative estimate of drug-likeness (QED) is 0.842. The van der Waals surface area contributed by atoms with Crippen LogP contribution in [0.15, 0.2) is 12.3 Å². The van der Waals surface area contributed by atoms with Crippen LogP contribution in [0.25, 0.3) is 0 Å². The van der Waals surface area contributed by atoms with Gasteiger partial charge in [-0.15, -0.1) is 5.10 Å². The third kappa shape index (κ3) is 3.08. The zero-order chi connectivity index (χ0) is 13.8. The van der Waals surface area contributed by atoms with Gasteiger partial charge in [0.05, 0.1) is 5.69 Å². The molecule has 0 atom stereocenters. The number of hydrogen-bond donors (Lipinski definition) is 2. The number of carbonyl (C=O) groups is 1. The predicted molar refractivity (Wildman–Crippen MR) is 72.3 cm³/mol. The lowest BCUT2D eigenvalue weighted by Gasteiger charge is -2.07. The van der Waals surface area contributed by atoms with E-state index in [9.17, 15) is 4.79 Å². The van der Waals surface area contributed by atoms with Gasteiger partial charge in [0.2, 0.25) is 5.82 Å². The number of carbonyl (C=O) groups excluding carboxylic acids is 1. The zero-order valence-corrected chi connectivity index (χ0v) is 11.5. The van der Waals surface area contributed by atoms with Gasteiger partial charge in [0.1, 0.15) is 5.82 Å². The number of hydrogen-bond acceptors (Lipinski definition) is 4. The van der Waals surface area contributed by atoms with E-state index >= 15 is 0 Å². The van der Waals surface area contributed by atoms with Crippen molar-refractivity contribution in [3.8, 4) is 0 Å².